The Kier molecular flexibility index (Phi) is 5.93. The Morgan fingerprint density at radius 1 is 0.905 bits per heavy atom. The van der Waals surface area contributed by atoms with Gasteiger partial charge in [0.05, 0.1) is 31.7 Å². The van der Waals surface area contributed by atoms with E-state index < -0.39 is 29.2 Å². The summed E-state index contributed by atoms with van der Waals surface area (Å²) in [7, 11) is 3.00. The lowest BCUT2D eigenvalue weighted by Gasteiger charge is -2.38. The number of amides is 1. The molecule has 1 amide bonds. The average molecular weight is 558 g/mol. The van der Waals surface area contributed by atoms with Gasteiger partial charge in [-0.1, -0.05) is 48.5 Å². The summed E-state index contributed by atoms with van der Waals surface area (Å²) in [5, 5.41) is 3.06. The largest absolute Gasteiger partial charge is 0.497 e. The molecule has 8 nitrogen and oxygen atoms in total. The normalized spacial score (nSPS) is 23.1. The molecule has 1 N–H and O–H groups in total. The van der Waals surface area contributed by atoms with Crippen molar-refractivity contribution >= 4 is 29.2 Å². The number of benzene rings is 3. The van der Waals surface area contributed by atoms with Crippen molar-refractivity contribution in [1.29, 1.82) is 0 Å². The number of nitrogens with zero attached hydrogens (tertiary/aromatic N) is 2. The number of hydrogen-bond donors (Lipinski definition) is 1. The van der Waals surface area contributed by atoms with Crippen molar-refractivity contribution < 1.29 is 23.9 Å². The standard InChI is InChI=1S/C34H27N3O5/c1-41-21-14-15-27(42-2)23(19-21)30(38)28-29(31(39)26-13-7-8-17-35-26)37-18-16-20-9-3-4-10-22(20)32(37)34(28)24-11-5-6-12-25(24)36-33(34)40/h3-19,28-29,32H,1-2H3,(H,36,40)/t28-,29+,32+,34+/m0/s1. The van der Waals surface area contributed by atoms with Gasteiger partial charge in [0, 0.05) is 18.1 Å². The smallest absolute Gasteiger partial charge is 0.238 e. The number of nitrogens with one attached hydrogen (secondary N) is 1. The molecule has 0 saturated carbocycles. The van der Waals surface area contributed by atoms with E-state index in [4.69, 9.17) is 9.47 Å². The van der Waals surface area contributed by atoms with Crippen LogP contribution in [0, 0.1) is 5.92 Å². The maximum absolute atomic E-state index is 15.1. The number of Topliss-reactive ketones (excluding diaryl/α,β-unsaturated/α-hetero) is 2. The Morgan fingerprint density at radius 2 is 1.69 bits per heavy atom. The van der Waals surface area contributed by atoms with Crippen molar-refractivity contribution in [1.82, 2.24) is 9.88 Å². The lowest BCUT2D eigenvalue weighted by Crippen LogP contribution is -2.49. The van der Waals surface area contributed by atoms with Crippen LogP contribution in [-0.2, 0) is 10.2 Å². The Bertz CT molecular complexity index is 1790. The first-order chi connectivity index (χ1) is 20.5. The van der Waals surface area contributed by atoms with E-state index in [1.807, 2.05) is 65.7 Å². The maximum atomic E-state index is 15.1. The van der Waals surface area contributed by atoms with Gasteiger partial charge in [0.1, 0.15) is 28.6 Å². The molecular formula is C34H27N3O5. The second-order valence-corrected chi connectivity index (χ2v) is 10.6. The van der Waals surface area contributed by atoms with Crippen molar-refractivity contribution in [2.24, 2.45) is 5.92 Å². The van der Waals surface area contributed by atoms with Crippen LogP contribution in [0.3, 0.4) is 0 Å². The molecule has 1 saturated heterocycles. The molecule has 0 aliphatic carbocycles. The van der Waals surface area contributed by atoms with Gasteiger partial charge in [-0.3, -0.25) is 19.4 Å². The van der Waals surface area contributed by atoms with Gasteiger partial charge < -0.3 is 19.7 Å². The summed E-state index contributed by atoms with van der Waals surface area (Å²) < 4.78 is 11.1. The monoisotopic (exact) mass is 557 g/mol. The Balaban J connectivity index is 1.55. The molecule has 1 fully saturated rings. The van der Waals surface area contributed by atoms with Gasteiger partial charge in [0.15, 0.2) is 5.78 Å². The number of pyridine rings is 1. The summed E-state index contributed by atoms with van der Waals surface area (Å²) >= 11 is 0. The van der Waals surface area contributed by atoms with Crippen LogP contribution in [0.5, 0.6) is 11.5 Å². The third-order valence-corrected chi connectivity index (χ3v) is 8.71. The zero-order valence-electron chi connectivity index (χ0n) is 23.0. The Labute approximate surface area is 242 Å². The van der Waals surface area contributed by atoms with E-state index in [0.717, 1.165) is 11.1 Å². The van der Waals surface area contributed by atoms with Gasteiger partial charge in [0.25, 0.3) is 0 Å². The summed E-state index contributed by atoms with van der Waals surface area (Å²) in [5.74, 6) is -1.44. The Morgan fingerprint density at radius 3 is 2.48 bits per heavy atom. The van der Waals surface area contributed by atoms with Crippen LogP contribution in [0.1, 0.15) is 43.6 Å². The van der Waals surface area contributed by atoms with Crippen LogP contribution in [0.2, 0.25) is 0 Å². The predicted molar refractivity (Wildman–Crippen MR) is 157 cm³/mol. The first kappa shape index (κ1) is 25.7. The second-order valence-electron chi connectivity index (χ2n) is 10.6. The minimum Gasteiger partial charge on any atom is -0.497 e. The highest BCUT2D eigenvalue weighted by molar-refractivity contribution is 6.17. The predicted octanol–water partition coefficient (Wildman–Crippen LogP) is 5.08. The highest BCUT2D eigenvalue weighted by atomic mass is 16.5. The topological polar surface area (TPSA) is 97.8 Å². The van der Waals surface area contributed by atoms with Crippen LogP contribution in [0.4, 0.5) is 5.69 Å². The van der Waals surface area contributed by atoms with Gasteiger partial charge >= 0.3 is 0 Å². The minimum absolute atomic E-state index is 0.215. The summed E-state index contributed by atoms with van der Waals surface area (Å²) in [4.78, 5) is 50.4. The minimum atomic E-state index is -1.45. The molecule has 4 atom stereocenters. The van der Waals surface area contributed by atoms with Crippen LogP contribution in [-0.4, -0.2) is 47.6 Å². The number of ether oxygens (including phenoxy) is 2. The molecule has 7 rings (SSSR count). The fourth-order valence-electron chi connectivity index (χ4n) is 7.00. The highest BCUT2D eigenvalue weighted by Crippen LogP contribution is 2.62. The van der Waals surface area contributed by atoms with Gasteiger partial charge in [-0.25, -0.2) is 0 Å². The molecule has 42 heavy (non-hydrogen) atoms. The molecule has 3 aliphatic heterocycles. The van der Waals surface area contributed by atoms with E-state index >= 15 is 4.79 Å². The molecule has 0 radical (unpaired) electrons. The van der Waals surface area contributed by atoms with Gasteiger partial charge in [-0.2, -0.15) is 0 Å². The van der Waals surface area contributed by atoms with Crippen LogP contribution in [0.25, 0.3) is 6.08 Å². The SMILES string of the molecule is COc1ccc(OC)c(C(=O)[C@@H]2[C@H](C(=O)c3ccccn3)N3C=Cc4ccccc4[C@@H]3[C@]23C(=O)Nc2ccccc23)c1. The molecule has 1 spiro atoms. The van der Waals surface area contributed by atoms with Crippen LogP contribution < -0.4 is 14.8 Å². The van der Waals surface area contributed by atoms with Crippen LogP contribution in [0.15, 0.2) is 97.3 Å². The maximum Gasteiger partial charge on any atom is 0.238 e. The first-order valence-corrected chi connectivity index (χ1v) is 13.7. The Hall–Kier alpha value is -5.24. The van der Waals surface area contributed by atoms with Gasteiger partial charge in [-0.15, -0.1) is 0 Å². The number of carbonyl (C=O) groups excluding carboxylic acids is 3. The average Bonchev–Trinajstić information content (AvgIpc) is 3.52. The van der Waals surface area contributed by atoms with Crippen molar-refractivity contribution in [2.45, 2.75) is 17.5 Å². The summed E-state index contributed by atoms with van der Waals surface area (Å²) in [6, 6.07) is 23.6. The van der Waals surface area contributed by atoms with E-state index in [9.17, 15) is 9.59 Å². The van der Waals surface area contributed by atoms with E-state index in [-0.39, 0.29) is 22.9 Å². The molecule has 0 bridgehead atoms. The zero-order chi connectivity index (χ0) is 29.0. The second kappa shape index (κ2) is 9.69. The van der Waals surface area contributed by atoms with Gasteiger partial charge in [-0.05, 0) is 59.2 Å². The molecule has 1 aromatic heterocycles. The van der Waals surface area contributed by atoms with Crippen molar-refractivity contribution in [3.05, 3.63) is 125 Å². The van der Waals surface area contributed by atoms with E-state index in [2.05, 4.69) is 10.3 Å². The number of fused-ring (bicyclic) bond motifs is 6. The third kappa shape index (κ3) is 3.48. The fourth-order valence-corrected chi connectivity index (χ4v) is 7.00. The van der Waals surface area contributed by atoms with E-state index in [1.165, 1.54) is 14.2 Å². The molecular weight excluding hydrogens is 530 g/mol. The summed E-state index contributed by atoms with van der Waals surface area (Å²) in [5.41, 5.74) is 2.08. The quantitative estimate of drug-likeness (QED) is 0.330. The molecule has 3 aromatic carbocycles. The third-order valence-electron chi connectivity index (χ3n) is 8.71. The highest BCUT2D eigenvalue weighted by Gasteiger charge is 2.71. The molecule has 4 aromatic rings. The van der Waals surface area contributed by atoms with Crippen molar-refractivity contribution in [3.63, 3.8) is 0 Å². The number of anilines is 1. The molecule has 8 heteroatoms. The first-order valence-electron chi connectivity index (χ1n) is 13.7. The van der Waals surface area contributed by atoms with E-state index in [1.54, 1.807) is 42.6 Å². The number of methoxy groups -OCH3 is 2. The summed E-state index contributed by atoms with van der Waals surface area (Å²) in [6.07, 6.45) is 5.32. The fraction of sp³-hybridized carbons (Fsp3) is 0.176. The lowest BCUT2D eigenvalue weighted by molar-refractivity contribution is -0.122. The number of hydrogen-bond acceptors (Lipinski definition) is 7. The number of carbonyl (C=O) groups is 3. The molecule has 3 aliphatic rings. The number of para-hydroxylation sites is 1. The number of ketones is 2. The summed E-state index contributed by atoms with van der Waals surface area (Å²) in [6.45, 7) is 0. The lowest BCUT2D eigenvalue weighted by atomic mass is 9.62. The number of rotatable bonds is 6. The van der Waals surface area contributed by atoms with Crippen molar-refractivity contribution in [2.75, 3.05) is 19.5 Å². The molecule has 4 heterocycles. The molecule has 0 unspecified atom stereocenters. The van der Waals surface area contributed by atoms with E-state index in [0.29, 0.717) is 22.7 Å². The van der Waals surface area contributed by atoms with Crippen molar-refractivity contribution in [3.8, 4) is 11.5 Å². The molecule has 208 valence electrons. The van der Waals surface area contributed by atoms with Crippen LogP contribution >= 0.6 is 0 Å². The zero-order valence-corrected chi connectivity index (χ0v) is 23.0. The van der Waals surface area contributed by atoms with Gasteiger partial charge in [0.2, 0.25) is 11.7 Å². The number of aromatic nitrogens is 1.